The van der Waals surface area contributed by atoms with Gasteiger partial charge in [0.2, 0.25) is 5.91 Å². The molecule has 0 aromatic rings. The molecule has 2 aliphatic rings. The average Bonchev–Trinajstić information content (AvgIpc) is 2.38. The van der Waals surface area contributed by atoms with E-state index in [1.165, 1.54) is 12.8 Å². The summed E-state index contributed by atoms with van der Waals surface area (Å²) in [5.74, 6) is -2.05. The topological polar surface area (TPSA) is 60.9 Å². The summed E-state index contributed by atoms with van der Waals surface area (Å²) in [5.41, 5.74) is 0. The highest BCUT2D eigenvalue weighted by Crippen LogP contribution is 2.22. The molecule has 2 unspecified atom stereocenters. The van der Waals surface area contributed by atoms with E-state index >= 15 is 0 Å². The number of nitrogens with zero attached hydrogens (tertiary/aromatic N) is 2. The molecule has 2 heterocycles. The minimum Gasteiger partial charge on any atom is -0.481 e. The third kappa shape index (κ3) is 2.66. The summed E-state index contributed by atoms with van der Waals surface area (Å²) in [6.45, 7) is 5.17. The van der Waals surface area contributed by atoms with Crippen molar-refractivity contribution < 1.29 is 14.7 Å². The predicted octanol–water partition coefficient (Wildman–Crippen LogP) is 0.794. The lowest BCUT2D eigenvalue weighted by Gasteiger charge is -2.44. The molecule has 2 aliphatic heterocycles. The number of carbonyl (C=O) groups excluding carboxylic acids is 1. The van der Waals surface area contributed by atoms with E-state index in [0.717, 1.165) is 19.5 Å². The highest BCUT2D eigenvalue weighted by Gasteiger charge is 2.35. The highest BCUT2D eigenvalue weighted by molar-refractivity contribution is 5.96. The van der Waals surface area contributed by atoms with Crippen molar-refractivity contribution in [2.75, 3.05) is 26.2 Å². The fourth-order valence-electron chi connectivity index (χ4n) is 3.03. The Bertz CT molecular complexity index is 332. The van der Waals surface area contributed by atoms with Gasteiger partial charge in [-0.2, -0.15) is 0 Å². The Hall–Kier alpha value is -1.10. The lowest BCUT2D eigenvalue weighted by molar-refractivity contribution is -0.153. The van der Waals surface area contributed by atoms with Crippen LogP contribution in [0.4, 0.5) is 0 Å². The summed E-state index contributed by atoms with van der Waals surface area (Å²) in [4.78, 5) is 27.4. The van der Waals surface area contributed by atoms with Gasteiger partial charge in [0.25, 0.3) is 0 Å². The summed E-state index contributed by atoms with van der Waals surface area (Å²) in [6.07, 6.45) is 3.98. The lowest BCUT2D eigenvalue weighted by Crippen LogP contribution is -2.57. The molecular formula is C13H22N2O3. The van der Waals surface area contributed by atoms with E-state index in [0.29, 0.717) is 25.6 Å². The Morgan fingerprint density at radius 3 is 2.72 bits per heavy atom. The van der Waals surface area contributed by atoms with Crippen LogP contribution in [0.25, 0.3) is 0 Å². The maximum Gasteiger partial charge on any atom is 0.316 e. The van der Waals surface area contributed by atoms with Crippen LogP contribution in [0.3, 0.4) is 0 Å². The third-order valence-electron chi connectivity index (χ3n) is 4.15. The van der Waals surface area contributed by atoms with E-state index in [1.807, 2.05) is 0 Å². The number of amides is 1. The molecule has 0 spiro atoms. The molecule has 0 saturated carbocycles. The standard InChI is InChI=1S/C13H22N2O3/c1-2-11(13(17)18)12(16)15-8-7-14-6-4-3-5-10(14)9-15/h10-11H,2-9H2,1H3,(H,17,18). The van der Waals surface area contributed by atoms with Gasteiger partial charge in [0.05, 0.1) is 0 Å². The second-order valence-corrected chi connectivity index (χ2v) is 5.27. The zero-order valence-electron chi connectivity index (χ0n) is 11.0. The van der Waals surface area contributed by atoms with Gasteiger partial charge in [-0.1, -0.05) is 13.3 Å². The van der Waals surface area contributed by atoms with Crippen molar-refractivity contribution in [3.63, 3.8) is 0 Å². The number of fused-ring (bicyclic) bond motifs is 1. The number of carboxylic acids is 1. The van der Waals surface area contributed by atoms with Gasteiger partial charge in [-0.05, 0) is 25.8 Å². The summed E-state index contributed by atoms with van der Waals surface area (Å²) in [5, 5.41) is 9.05. The molecule has 0 aliphatic carbocycles. The van der Waals surface area contributed by atoms with Gasteiger partial charge in [0.15, 0.2) is 0 Å². The smallest absolute Gasteiger partial charge is 0.316 e. The highest BCUT2D eigenvalue weighted by atomic mass is 16.4. The summed E-state index contributed by atoms with van der Waals surface area (Å²) < 4.78 is 0. The van der Waals surface area contributed by atoms with Crippen molar-refractivity contribution in [3.8, 4) is 0 Å². The molecule has 1 amide bonds. The van der Waals surface area contributed by atoms with E-state index in [2.05, 4.69) is 4.90 Å². The van der Waals surface area contributed by atoms with Crippen molar-refractivity contribution in [2.45, 2.75) is 38.6 Å². The molecule has 0 radical (unpaired) electrons. The molecule has 0 bridgehead atoms. The van der Waals surface area contributed by atoms with Crippen LogP contribution in [-0.2, 0) is 9.59 Å². The molecule has 2 fully saturated rings. The number of piperidine rings is 1. The Morgan fingerprint density at radius 1 is 1.28 bits per heavy atom. The van der Waals surface area contributed by atoms with Gasteiger partial charge in [-0.3, -0.25) is 14.5 Å². The van der Waals surface area contributed by atoms with E-state index in [1.54, 1.807) is 11.8 Å². The third-order valence-corrected chi connectivity index (χ3v) is 4.15. The number of aliphatic carboxylic acids is 1. The molecule has 2 rings (SSSR count). The lowest BCUT2D eigenvalue weighted by atomic mass is 9.98. The van der Waals surface area contributed by atoms with E-state index < -0.39 is 11.9 Å². The number of piperazine rings is 1. The molecule has 0 aromatic carbocycles. The van der Waals surface area contributed by atoms with Gasteiger partial charge in [-0.25, -0.2) is 0 Å². The number of hydrogen-bond donors (Lipinski definition) is 1. The van der Waals surface area contributed by atoms with Crippen LogP contribution in [0.1, 0.15) is 32.6 Å². The van der Waals surface area contributed by atoms with E-state index in [-0.39, 0.29) is 5.91 Å². The largest absolute Gasteiger partial charge is 0.481 e. The monoisotopic (exact) mass is 254 g/mol. The Kier molecular flexibility index (Phi) is 4.22. The predicted molar refractivity (Wildman–Crippen MR) is 67.2 cm³/mol. The SMILES string of the molecule is CCC(C(=O)O)C(=O)N1CCN2CCCCC2C1. The van der Waals surface area contributed by atoms with Crippen LogP contribution in [-0.4, -0.2) is 59.0 Å². The van der Waals surface area contributed by atoms with Crippen molar-refractivity contribution in [1.82, 2.24) is 9.80 Å². The van der Waals surface area contributed by atoms with Gasteiger partial charge in [-0.15, -0.1) is 0 Å². The van der Waals surface area contributed by atoms with Gasteiger partial charge in [0, 0.05) is 25.7 Å². The fourth-order valence-corrected chi connectivity index (χ4v) is 3.03. The molecule has 0 aromatic heterocycles. The average molecular weight is 254 g/mol. The second-order valence-electron chi connectivity index (χ2n) is 5.27. The minimum atomic E-state index is -0.992. The molecular weight excluding hydrogens is 232 g/mol. The Labute approximate surface area is 108 Å². The summed E-state index contributed by atoms with van der Waals surface area (Å²) in [7, 11) is 0. The molecule has 102 valence electrons. The maximum atomic E-state index is 12.2. The first-order chi connectivity index (χ1) is 8.63. The minimum absolute atomic E-state index is 0.199. The van der Waals surface area contributed by atoms with Crippen molar-refractivity contribution >= 4 is 11.9 Å². The van der Waals surface area contributed by atoms with Crippen LogP contribution < -0.4 is 0 Å². The van der Waals surface area contributed by atoms with Crippen LogP contribution >= 0.6 is 0 Å². The second kappa shape index (κ2) is 5.69. The quantitative estimate of drug-likeness (QED) is 0.757. The van der Waals surface area contributed by atoms with E-state index in [4.69, 9.17) is 5.11 Å². The molecule has 18 heavy (non-hydrogen) atoms. The first kappa shape index (κ1) is 13.3. The zero-order valence-corrected chi connectivity index (χ0v) is 11.0. The zero-order chi connectivity index (χ0) is 13.1. The number of hydrogen-bond acceptors (Lipinski definition) is 3. The number of carboxylic acid groups (broad SMARTS) is 1. The van der Waals surface area contributed by atoms with Crippen molar-refractivity contribution in [1.29, 1.82) is 0 Å². The van der Waals surface area contributed by atoms with Gasteiger partial charge in [0.1, 0.15) is 5.92 Å². The van der Waals surface area contributed by atoms with Crippen LogP contribution in [0.2, 0.25) is 0 Å². The maximum absolute atomic E-state index is 12.2. The molecule has 2 atom stereocenters. The van der Waals surface area contributed by atoms with E-state index in [9.17, 15) is 9.59 Å². The van der Waals surface area contributed by atoms with Gasteiger partial charge < -0.3 is 10.0 Å². The first-order valence-corrected chi connectivity index (χ1v) is 6.89. The Balaban J connectivity index is 1.97. The molecule has 1 N–H and O–H groups in total. The van der Waals surface area contributed by atoms with Crippen molar-refractivity contribution in [3.05, 3.63) is 0 Å². The van der Waals surface area contributed by atoms with Crippen LogP contribution in [0, 0.1) is 5.92 Å². The molecule has 2 saturated heterocycles. The first-order valence-electron chi connectivity index (χ1n) is 6.89. The molecule has 5 heteroatoms. The van der Waals surface area contributed by atoms with Crippen molar-refractivity contribution in [2.24, 2.45) is 5.92 Å². The Morgan fingerprint density at radius 2 is 2.06 bits per heavy atom. The number of carbonyl (C=O) groups is 2. The summed E-state index contributed by atoms with van der Waals surface area (Å²) in [6, 6.07) is 0.447. The van der Waals surface area contributed by atoms with Gasteiger partial charge >= 0.3 is 5.97 Å². The molecule has 5 nitrogen and oxygen atoms in total. The normalized spacial score (nSPS) is 26.5. The van der Waals surface area contributed by atoms with Crippen LogP contribution in [0.15, 0.2) is 0 Å². The van der Waals surface area contributed by atoms with Crippen LogP contribution in [0.5, 0.6) is 0 Å². The fraction of sp³-hybridized carbons (Fsp3) is 0.846. The summed E-state index contributed by atoms with van der Waals surface area (Å²) >= 11 is 0. The number of rotatable bonds is 3.